The minimum Gasteiger partial charge on any atom is -0.497 e. The van der Waals surface area contributed by atoms with Gasteiger partial charge in [-0.1, -0.05) is 6.07 Å². The van der Waals surface area contributed by atoms with Crippen molar-refractivity contribution in [1.29, 1.82) is 0 Å². The molecule has 0 unspecified atom stereocenters. The Hall–Kier alpha value is -2.57. The minimum atomic E-state index is -0.375. The summed E-state index contributed by atoms with van der Waals surface area (Å²) in [6.45, 7) is 2.59. The number of methoxy groups -OCH3 is 2. The van der Waals surface area contributed by atoms with Gasteiger partial charge < -0.3 is 19.7 Å². The molecule has 0 saturated carbocycles. The molecule has 7 nitrogen and oxygen atoms in total. The van der Waals surface area contributed by atoms with Crippen LogP contribution in [0.2, 0.25) is 0 Å². The average Bonchev–Trinajstić information content (AvgIpc) is 2.59. The van der Waals surface area contributed by atoms with E-state index in [4.69, 9.17) is 4.74 Å². The molecule has 1 rings (SSSR count). The molecule has 0 atom stereocenters. The summed E-state index contributed by atoms with van der Waals surface area (Å²) in [5, 5.41) is 2.69. The molecular formula is C17H24N2O5. The number of carbonyl (C=O) groups is 3. The zero-order valence-electron chi connectivity index (χ0n) is 14.3. The second-order valence-corrected chi connectivity index (χ2v) is 5.19. The predicted octanol–water partition coefficient (Wildman–Crippen LogP) is 1.23. The van der Waals surface area contributed by atoms with Gasteiger partial charge in [0.25, 0.3) is 5.91 Å². The van der Waals surface area contributed by atoms with Gasteiger partial charge in [-0.15, -0.1) is 0 Å². The first-order chi connectivity index (χ1) is 11.5. The largest absolute Gasteiger partial charge is 0.497 e. The first-order valence-electron chi connectivity index (χ1n) is 7.72. The summed E-state index contributed by atoms with van der Waals surface area (Å²) in [6, 6.07) is 6.85. The Morgan fingerprint density at radius 3 is 2.54 bits per heavy atom. The highest BCUT2D eigenvalue weighted by molar-refractivity contribution is 5.94. The maximum Gasteiger partial charge on any atom is 0.307 e. The molecule has 132 valence electrons. The fourth-order valence-corrected chi connectivity index (χ4v) is 2.12. The van der Waals surface area contributed by atoms with Gasteiger partial charge in [-0.2, -0.15) is 0 Å². The Kier molecular flexibility index (Phi) is 8.32. The molecule has 0 saturated heterocycles. The Bertz CT molecular complexity index is 574. The number of hydrogen-bond acceptors (Lipinski definition) is 5. The van der Waals surface area contributed by atoms with E-state index in [9.17, 15) is 14.4 Å². The van der Waals surface area contributed by atoms with Crippen molar-refractivity contribution in [1.82, 2.24) is 10.2 Å². The quantitative estimate of drug-likeness (QED) is 0.541. The highest BCUT2D eigenvalue weighted by Gasteiger charge is 2.17. The highest BCUT2D eigenvalue weighted by Crippen LogP contribution is 2.15. The third-order valence-electron chi connectivity index (χ3n) is 3.40. The molecule has 0 aromatic heterocycles. The summed E-state index contributed by atoms with van der Waals surface area (Å²) in [5.41, 5.74) is 0.485. The van der Waals surface area contributed by atoms with Gasteiger partial charge in [0.15, 0.2) is 0 Å². The predicted molar refractivity (Wildman–Crippen MR) is 88.8 cm³/mol. The van der Waals surface area contributed by atoms with Crippen LogP contribution in [0.5, 0.6) is 5.75 Å². The summed E-state index contributed by atoms with van der Waals surface area (Å²) >= 11 is 0. The van der Waals surface area contributed by atoms with Crippen molar-refractivity contribution >= 4 is 17.8 Å². The fraction of sp³-hybridized carbons (Fsp3) is 0.471. The Morgan fingerprint density at radius 2 is 1.92 bits per heavy atom. The summed E-state index contributed by atoms with van der Waals surface area (Å²) < 4.78 is 9.76. The van der Waals surface area contributed by atoms with E-state index in [1.165, 1.54) is 21.1 Å². The number of nitrogens with one attached hydrogen (secondary N) is 1. The molecule has 1 aromatic rings. The molecule has 1 N–H and O–H groups in total. The molecule has 1 aromatic carbocycles. The van der Waals surface area contributed by atoms with Crippen LogP contribution in [0.1, 0.15) is 30.1 Å². The molecule has 0 aliphatic carbocycles. The van der Waals surface area contributed by atoms with Gasteiger partial charge in [0, 0.05) is 32.1 Å². The average molecular weight is 336 g/mol. The summed E-state index contributed by atoms with van der Waals surface area (Å²) in [5.74, 6) is -0.0943. The van der Waals surface area contributed by atoms with Crippen molar-refractivity contribution in [3.8, 4) is 5.75 Å². The number of esters is 1. The van der Waals surface area contributed by atoms with Crippen molar-refractivity contribution < 1.29 is 23.9 Å². The van der Waals surface area contributed by atoms with E-state index in [1.807, 2.05) is 0 Å². The third-order valence-corrected chi connectivity index (χ3v) is 3.40. The third kappa shape index (κ3) is 6.68. The van der Waals surface area contributed by atoms with Crippen molar-refractivity contribution in [3.63, 3.8) is 0 Å². The minimum absolute atomic E-state index is 0.116. The normalized spacial score (nSPS) is 9.96. The Morgan fingerprint density at radius 1 is 1.17 bits per heavy atom. The van der Waals surface area contributed by atoms with Crippen molar-refractivity contribution in [3.05, 3.63) is 29.8 Å². The monoisotopic (exact) mass is 336 g/mol. The lowest BCUT2D eigenvalue weighted by molar-refractivity contribution is -0.140. The molecule has 0 bridgehead atoms. The van der Waals surface area contributed by atoms with Gasteiger partial charge in [0.2, 0.25) is 5.91 Å². The summed E-state index contributed by atoms with van der Waals surface area (Å²) in [6.07, 6.45) is 0.711. The number of ether oxygens (including phenoxy) is 2. The molecule has 0 spiro atoms. The van der Waals surface area contributed by atoms with Gasteiger partial charge >= 0.3 is 5.97 Å². The van der Waals surface area contributed by atoms with Crippen molar-refractivity contribution in [2.24, 2.45) is 0 Å². The molecule has 7 heteroatoms. The second-order valence-electron chi connectivity index (χ2n) is 5.19. The van der Waals surface area contributed by atoms with Gasteiger partial charge in [0.1, 0.15) is 5.75 Å². The topological polar surface area (TPSA) is 84.9 Å². The van der Waals surface area contributed by atoms with Gasteiger partial charge in [-0.05, 0) is 24.6 Å². The standard InChI is InChI=1S/C17H24N2O5/c1-13(20)18-9-5-10-19(11-8-16(21)24-3)17(22)14-6-4-7-15(12-14)23-2/h4,6-7,12H,5,8-11H2,1-3H3,(H,18,20). The summed E-state index contributed by atoms with van der Waals surface area (Å²) in [7, 11) is 2.85. The zero-order chi connectivity index (χ0) is 17.9. The summed E-state index contributed by atoms with van der Waals surface area (Å²) in [4.78, 5) is 36.5. The van der Waals surface area contributed by atoms with E-state index in [0.717, 1.165) is 0 Å². The number of carbonyl (C=O) groups excluding carboxylic acids is 3. The van der Waals surface area contributed by atoms with Gasteiger partial charge in [-0.3, -0.25) is 14.4 Å². The lowest BCUT2D eigenvalue weighted by atomic mass is 10.1. The van der Waals surface area contributed by atoms with Gasteiger partial charge in [0.05, 0.1) is 20.6 Å². The van der Waals surface area contributed by atoms with Gasteiger partial charge in [-0.25, -0.2) is 0 Å². The molecule has 2 amide bonds. The number of rotatable bonds is 9. The van der Waals surface area contributed by atoms with E-state index < -0.39 is 0 Å². The van der Waals surface area contributed by atoms with Crippen LogP contribution in [-0.4, -0.2) is 56.5 Å². The highest BCUT2D eigenvalue weighted by atomic mass is 16.5. The second kappa shape index (κ2) is 10.3. The maximum atomic E-state index is 12.7. The van der Waals surface area contributed by atoms with Crippen LogP contribution in [0.15, 0.2) is 24.3 Å². The smallest absolute Gasteiger partial charge is 0.307 e. The van der Waals surface area contributed by atoms with Crippen LogP contribution >= 0.6 is 0 Å². The van der Waals surface area contributed by atoms with Crippen LogP contribution < -0.4 is 10.1 Å². The van der Waals surface area contributed by atoms with E-state index >= 15 is 0 Å². The van der Waals surface area contributed by atoms with Crippen LogP contribution in [0, 0.1) is 0 Å². The van der Waals surface area contributed by atoms with Crippen LogP contribution in [0.3, 0.4) is 0 Å². The van der Waals surface area contributed by atoms with Crippen LogP contribution in [-0.2, 0) is 14.3 Å². The molecule has 0 aliphatic rings. The zero-order valence-corrected chi connectivity index (χ0v) is 14.3. The Balaban J connectivity index is 2.75. The number of benzene rings is 1. The molecule has 0 heterocycles. The first-order valence-corrected chi connectivity index (χ1v) is 7.72. The SMILES string of the molecule is COC(=O)CCN(CCCNC(C)=O)C(=O)c1cccc(OC)c1. The Labute approximate surface area is 141 Å². The van der Waals surface area contributed by atoms with E-state index in [0.29, 0.717) is 30.8 Å². The number of nitrogens with zero attached hydrogens (tertiary/aromatic N) is 1. The molecule has 24 heavy (non-hydrogen) atoms. The fourth-order valence-electron chi connectivity index (χ4n) is 2.12. The van der Waals surface area contributed by atoms with E-state index in [-0.39, 0.29) is 30.7 Å². The molecule has 0 fully saturated rings. The molecule has 0 radical (unpaired) electrons. The van der Waals surface area contributed by atoms with Crippen LogP contribution in [0.25, 0.3) is 0 Å². The van der Waals surface area contributed by atoms with E-state index in [1.54, 1.807) is 29.2 Å². The van der Waals surface area contributed by atoms with Crippen molar-refractivity contribution in [2.45, 2.75) is 19.8 Å². The first kappa shape index (κ1) is 19.5. The van der Waals surface area contributed by atoms with Crippen molar-refractivity contribution in [2.75, 3.05) is 33.9 Å². The maximum absolute atomic E-state index is 12.7. The van der Waals surface area contributed by atoms with Crippen LogP contribution in [0.4, 0.5) is 0 Å². The van der Waals surface area contributed by atoms with E-state index in [2.05, 4.69) is 10.1 Å². The number of amides is 2. The lowest BCUT2D eigenvalue weighted by Gasteiger charge is -2.22. The lowest BCUT2D eigenvalue weighted by Crippen LogP contribution is -2.35. The number of hydrogen-bond donors (Lipinski definition) is 1. The molecular weight excluding hydrogens is 312 g/mol. The molecule has 0 aliphatic heterocycles.